The number of carbonyl (C=O) groups excluding carboxylic acids is 2. The molecule has 3 aromatic carbocycles. The first-order valence-corrected chi connectivity index (χ1v) is 15.3. The fourth-order valence-corrected chi connectivity index (χ4v) is 6.39. The van der Waals surface area contributed by atoms with Crippen molar-refractivity contribution in [2.45, 2.75) is 18.2 Å². The molecule has 1 fully saturated rings. The van der Waals surface area contributed by atoms with Gasteiger partial charge in [-0.3, -0.25) is 29.1 Å². The van der Waals surface area contributed by atoms with Crippen molar-refractivity contribution in [1.29, 1.82) is 0 Å². The maximum absolute atomic E-state index is 14.3. The van der Waals surface area contributed by atoms with E-state index < -0.39 is 26.6 Å². The summed E-state index contributed by atoms with van der Waals surface area (Å²) in [5.74, 6) is -2.80. The maximum Gasteiger partial charge on any atom is 0.264 e. The first-order chi connectivity index (χ1) is 21.5. The van der Waals surface area contributed by atoms with Gasteiger partial charge in [0.15, 0.2) is 5.78 Å². The van der Waals surface area contributed by atoms with Gasteiger partial charge in [-0.25, -0.2) is 22.3 Å². The number of halogens is 2. The van der Waals surface area contributed by atoms with Gasteiger partial charge in [-0.1, -0.05) is 30.3 Å². The lowest BCUT2D eigenvalue weighted by Crippen LogP contribution is -2.52. The smallest absolute Gasteiger partial charge is 0.264 e. The third kappa shape index (κ3) is 5.89. The number of benzene rings is 3. The lowest BCUT2D eigenvalue weighted by molar-refractivity contribution is -0.208. The largest absolute Gasteiger partial charge is 0.294 e. The second-order valence-electron chi connectivity index (χ2n) is 10.6. The molecule has 3 heterocycles. The zero-order valence-corrected chi connectivity index (χ0v) is 24.9. The topological polar surface area (TPSA) is 119 Å². The van der Waals surface area contributed by atoms with Crippen LogP contribution in [0.3, 0.4) is 0 Å². The van der Waals surface area contributed by atoms with Crippen molar-refractivity contribution in [2.75, 3.05) is 18.4 Å². The van der Waals surface area contributed by atoms with Crippen LogP contribution in [0.2, 0.25) is 0 Å². The molecule has 1 aliphatic rings. The third-order valence-electron chi connectivity index (χ3n) is 7.74. The Morgan fingerprint density at radius 2 is 1.73 bits per heavy atom. The van der Waals surface area contributed by atoms with Gasteiger partial charge in [0, 0.05) is 41.4 Å². The minimum absolute atomic E-state index is 0.112. The highest BCUT2D eigenvalue weighted by Crippen LogP contribution is 2.33. The van der Waals surface area contributed by atoms with Gasteiger partial charge < -0.3 is 0 Å². The minimum Gasteiger partial charge on any atom is -0.294 e. The Morgan fingerprint density at radius 1 is 0.978 bits per heavy atom. The highest BCUT2D eigenvalue weighted by atomic mass is 32.2. The molecule has 9 nitrogen and oxygen atoms in total. The lowest BCUT2D eigenvalue weighted by atomic mass is 9.91. The number of aromatic nitrogens is 2. The lowest BCUT2D eigenvalue weighted by Gasteiger charge is -2.35. The summed E-state index contributed by atoms with van der Waals surface area (Å²) >= 11 is 0. The summed E-state index contributed by atoms with van der Waals surface area (Å²) in [7, 11) is -2.95. The van der Waals surface area contributed by atoms with Crippen LogP contribution in [0.4, 0.5) is 14.5 Å². The van der Waals surface area contributed by atoms with E-state index in [1.54, 1.807) is 37.5 Å². The molecule has 45 heavy (non-hydrogen) atoms. The SMILES string of the molecule is CON1C[C@H](CC(=O)c2ccc(-c3ccnc4ccc(-c5cnc(C)c(NS(=O)(=O)c6ccc(F)cc6F)c5)cc34)cc2)C1=O. The monoisotopic (exact) mass is 628 g/mol. The van der Waals surface area contributed by atoms with Crippen molar-refractivity contribution < 1.29 is 31.6 Å². The Kier molecular flexibility index (Phi) is 7.85. The number of nitrogens with one attached hydrogen (secondary N) is 1. The molecule has 228 valence electrons. The standard InChI is InChI=1S/C33H26F2N4O5S/c1-19-30(38-45(42,43)32-10-8-25(34)16-28(32)35)14-23(17-37-19)22-7-9-29-27(13-22)26(11-12-36-29)20-3-5-21(6-4-20)31(40)15-24-18-39(44-2)33(24)41/h3-14,16-17,24,38H,15,18H2,1-2H3/t24-/m0/s1. The Morgan fingerprint density at radius 3 is 2.44 bits per heavy atom. The van der Waals surface area contributed by atoms with E-state index >= 15 is 0 Å². The van der Waals surface area contributed by atoms with Gasteiger partial charge in [-0.05, 0) is 60.0 Å². The highest BCUT2D eigenvalue weighted by molar-refractivity contribution is 7.92. The third-order valence-corrected chi connectivity index (χ3v) is 9.14. The van der Waals surface area contributed by atoms with E-state index in [1.807, 2.05) is 36.4 Å². The number of rotatable bonds is 9. The fraction of sp³-hybridized carbons (Fsp3) is 0.152. The van der Waals surface area contributed by atoms with Crippen LogP contribution in [0.25, 0.3) is 33.2 Å². The number of anilines is 1. The molecule has 0 bridgehead atoms. The summed E-state index contributed by atoms with van der Waals surface area (Å²) in [5.41, 5.74) is 4.74. The first-order valence-electron chi connectivity index (χ1n) is 13.9. The molecule has 1 atom stereocenters. The Balaban J connectivity index is 1.28. The number of hydroxylamine groups is 2. The van der Waals surface area contributed by atoms with E-state index in [-0.39, 0.29) is 29.7 Å². The molecule has 0 radical (unpaired) electrons. The van der Waals surface area contributed by atoms with Crippen molar-refractivity contribution in [3.05, 3.63) is 108 Å². The highest BCUT2D eigenvalue weighted by Gasteiger charge is 2.38. The number of nitrogens with zero attached hydrogens (tertiary/aromatic N) is 3. The predicted octanol–water partition coefficient (Wildman–Crippen LogP) is 5.94. The molecule has 12 heteroatoms. The van der Waals surface area contributed by atoms with Crippen LogP contribution in [-0.4, -0.2) is 48.8 Å². The summed E-state index contributed by atoms with van der Waals surface area (Å²) in [6.07, 6.45) is 3.40. The number of hydrogen-bond acceptors (Lipinski definition) is 7. The van der Waals surface area contributed by atoms with Crippen molar-refractivity contribution >= 4 is 38.3 Å². The normalized spacial score (nSPS) is 14.8. The number of carbonyl (C=O) groups is 2. The average molecular weight is 629 g/mol. The first kappa shape index (κ1) is 30.0. The molecule has 0 aliphatic carbocycles. The Labute approximate surface area is 257 Å². The van der Waals surface area contributed by atoms with E-state index in [0.717, 1.165) is 39.7 Å². The van der Waals surface area contributed by atoms with Crippen molar-refractivity contribution in [3.63, 3.8) is 0 Å². The molecule has 1 amide bonds. The number of hydrogen-bond donors (Lipinski definition) is 1. The molecular formula is C33H26F2N4O5S. The molecule has 6 rings (SSSR count). The number of ketones is 1. The minimum atomic E-state index is -4.37. The number of β-lactam (4-membered cyclic amide) rings is 1. The van der Waals surface area contributed by atoms with Crippen molar-refractivity contribution in [2.24, 2.45) is 5.92 Å². The van der Waals surface area contributed by atoms with E-state index in [2.05, 4.69) is 14.7 Å². The van der Waals surface area contributed by atoms with Gasteiger partial charge in [0.1, 0.15) is 16.5 Å². The summed E-state index contributed by atoms with van der Waals surface area (Å²) in [6, 6.07) is 18.4. The number of aryl methyl sites for hydroxylation is 1. The Hall–Kier alpha value is -5.07. The van der Waals surface area contributed by atoms with E-state index in [9.17, 15) is 26.8 Å². The van der Waals surface area contributed by atoms with E-state index in [4.69, 9.17) is 4.84 Å². The zero-order chi connectivity index (χ0) is 31.9. The van der Waals surface area contributed by atoms with Crippen LogP contribution >= 0.6 is 0 Å². The van der Waals surface area contributed by atoms with Crippen molar-refractivity contribution in [3.8, 4) is 22.3 Å². The quantitative estimate of drug-likeness (QED) is 0.158. The molecule has 1 aliphatic heterocycles. The van der Waals surface area contributed by atoms with E-state index in [1.165, 1.54) is 12.2 Å². The number of pyridine rings is 2. The van der Waals surface area contributed by atoms with Crippen molar-refractivity contribution in [1.82, 2.24) is 15.0 Å². The Bertz CT molecular complexity index is 2090. The average Bonchev–Trinajstić information content (AvgIpc) is 3.02. The maximum atomic E-state index is 14.3. The molecule has 1 N–H and O–H groups in total. The molecular weight excluding hydrogens is 602 g/mol. The van der Waals surface area contributed by atoms with Gasteiger partial charge in [-0.2, -0.15) is 0 Å². The molecule has 0 unspecified atom stereocenters. The summed E-state index contributed by atoms with van der Waals surface area (Å²) in [6.45, 7) is 2.00. The number of fused-ring (bicyclic) bond motifs is 1. The summed E-state index contributed by atoms with van der Waals surface area (Å²) in [5, 5.41) is 2.04. The van der Waals surface area contributed by atoms with E-state index in [0.29, 0.717) is 29.4 Å². The summed E-state index contributed by atoms with van der Waals surface area (Å²) < 4.78 is 55.9. The molecule has 2 aromatic heterocycles. The van der Waals surface area contributed by atoms with Crippen LogP contribution in [0.1, 0.15) is 22.5 Å². The second kappa shape index (κ2) is 11.8. The van der Waals surface area contributed by atoms with Gasteiger partial charge in [-0.15, -0.1) is 0 Å². The number of Topliss-reactive ketones (excluding diaryl/α,β-unsaturated/α-hetero) is 1. The molecule has 0 spiro atoms. The molecule has 5 aromatic rings. The molecule has 1 saturated heterocycles. The van der Waals surface area contributed by atoms with Gasteiger partial charge >= 0.3 is 0 Å². The number of sulfonamides is 1. The van der Waals surface area contributed by atoms with Gasteiger partial charge in [0.25, 0.3) is 15.9 Å². The van der Waals surface area contributed by atoms with Gasteiger partial charge in [0.2, 0.25) is 0 Å². The zero-order valence-electron chi connectivity index (χ0n) is 24.1. The fourth-order valence-electron chi connectivity index (χ4n) is 5.22. The van der Waals surface area contributed by atoms with Gasteiger partial charge in [0.05, 0.1) is 36.5 Å². The molecule has 0 saturated carbocycles. The predicted molar refractivity (Wildman–Crippen MR) is 163 cm³/mol. The second-order valence-corrected chi connectivity index (χ2v) is 12.3. The van der Waals surface area contributed by atoms with Crippen LogP contribution in [-0.2, 0) is 19.7 Å². The van der Waals surface area contributed by atoms with Crippen LogP contribution in [0.5, 0.6) is 0 Å². The summed E-state index contributed by atoms with van der Waals surface area (Å²) in [4.78, 5) is 37.9. The van der Waals surface area contributed by atoms with Crippen LogP contribution in [0.15, 0.2) is 90.1 Å². The van der Waals surface area contributed by atoms with Crippen LogP contribution in [0, 0.1) is 24.5 Å². The van der Waals surface area contributed by atoms with Crippen LogP contribution < -0.4 is 4.72 Å². The number of amides is 1.